The molecule has 0 spiro atoms. The number of aldehydes is 1. The number of aromatic nitrogens is 1. The van der Waals surface area contributed by atoms with Gasteiger partial charge in [-0.25, -0.2) is 0 Å². The Bertz CT molecular complexity index is 514. The summed E-state index contributed by atoms with van der Waals surface area (Å²) < 4.78 is 0. The predicted octanol–water partition coefficient (Wildman–Crippen LogP) is 1.34. The first-order chi connectivity index (χ1) is 6.31. The van der Waals surface area contributed by atoms with E-state index in [2.05, 4.69) is 4.98 Å². The standard InChI is InChI=1S/C10H7NO2/c12-6-7-1-2-8-3-4-11-10(13)9(8)5-7/h1-6H,(H,11,13). The summed E-state index contributed by atoms with van der Waals surface area (Å²) in [6.45, 7) is 0. The van der Waals surface area contributed by atoms with E-state index in [1.54, 1.807) is 30.5 Å². The molecule has 2 rings (SSSR count). The van der Waals surface area contributed by atoms with Crippen molar-refractivity contribution in [1.29, 1.82) is 0 Å². The first kappa shape index (κ1) is 7.73. The minimum atomic E-state index is -0.166. The molecule has 3 nitrogen and oxygen atoms in total. The summed E-state index contributed by atoms with van der Waals surface area (Å²) in [7, 11) is 0. The van der Waals surface area contributed by atoms with Gasteiger partial charge in [-0.3, -0.25) is 9.59 Å². The molecule has 0 saturated carbocycles. The van der Waals surface area contributed by atoms with Crippen LogP contribution in [0.3, 0.4) is 0 Å². The van der Waals surface area contributed by atoms with Crippen molar-refractivity contribution >= 4 is 17.1 Å². The highest BCUT2D eigenvalue weighted by atomic mass is 16.1. The molecule has 0 amide bonds. The van der Waals surface area contributed by atoms with Gasteiger partial charge in [0.25, 0.3) is 5.56 Å². The summed E-state index contributed by atoms with van der Waals surface area (Å²) in [6, 6.07) is 6.83. The van der Waals surface area contributed by atoms with Crippen LogP contribution in [0.15, 0.2) is 35.3 Å². The van der Waals surface area contributed by atoms with E-state index in [1.165, 1.54) is 0 Å². The zero-order valence-electron chi connectivity index (χ0n) is 6.78. The van der Waals surface area contributed by atoms with Crippen LogP contribution in [0.4, 0.5) is 0 Å². The lowest BCUT2D eigenvalue weighted by atomic mass is 10.1. The molecule has 0 radical (unpaired) electrons. The second-order valence-corrected chi connectivity index (χ2v) is 2.77. The fourth-order valence-electron chi connectivity index (χ4n) is 1.27. The van der Waals surface area contributed by atoms with E-state index in [1.807, 2.05) is 0 Å². The van der Waals surface area contributed by atoms with Gasteiger partial charge in [0.2, 0.25) is 0 Å². The lowest BCUT2D eigenvalue weighted by Gasteiger charge is -1.95. The molecule has 1 aromatic carbocycles. The molecule has 3 heteroatoms. The number of hydrogen-bond donors (Lipinski definition) is 1. The van der Waals surface area contributed by atoms with E-state index >= 15 is 0 Å². The molecular weight excluding hydrogens is 166 g/mol. The lowest BCUT2D eigenvalue weighted by molar-refractivity contribution is 0.112. The monoisotopic (exact) mass is 173 g/mol. The van der Waals surface area contributed by atoms with E-state index in [9.17, 15) is 9.59 Å². The summed E-state index contributed by atoms with van der Waals surface area (Å²) in [4.78, 5) is 24.3. The topological polar surface area (TPSA) is 49.9 Å². The normalized spacial score (nSPS) is 10.2. The number of carbonyl (C=O) groups is 1. The maximum atomic E-state index is 11.3. The molecule has 64 valence electrons. The van der Waals surface area contributed by atoms with Gasteiger partial charge in [0.05, 0.1) is 0 Å². The van der Waals surface area contributed by atoms with Gasteiger partial charge >= 0.3 is 0 Å². The van der Waals surface area contributed by atoms with Crippen LogP contribution in [0.1, 0.15) is 10.4 Å². The van der Waals surface area contributed by atoms with Crippen LogP contribution >= 0.6 is 0 Å². The molecule has 0 bridgehead atoms. The van der Waals surface area contributed by atoms with Gasteiger partial charge in [-0.05, 0) is 17.5 Å². The number of benzene rings is 1. The molecule has 2 aromatic rings. The second-order valence-electron chi connectivity index (χ2n) is 2.77. The summed E-state index contributed by atoms with van der Waals surface area (Å²) in [6.07, 6.45) is 2.32. The van der Waals surface area contributed by atoms with Crippen molar-refractivity contribution in [3.63, 3.8) is 0 Å². The van der Waals surface area contributed by atoms with Gasteiger partial charge < -0.3 is 4.98 Å². The Morgan fingerprint density at radius 3 is 2.85 bits per heavy atom. The van der Waals surface area contributed by atoms with Gasteiger partial charge in [0.1, 0.15) is 6.29 Å². The highest BCUT2D eigenvalue weighted by Crippen LogP contribution is 2.09. The highest BCUT2D eigenvalue weighted by Gasteiger charge is 1.98. The quantitative estimate of drug-likeness (QED) is 0.661. The average Bonchev–Trinajstić information content (AvgIpc) is 2.18. The van der Waals surface area contributed by atoms with Crippen molar-refractivity contribution in [1.82, 2.24) is 4.98 Å². The Balaban J connectivity index is 2.90. The van der Waals surface area contributed by atoms with Crippen molar-refractivity contribution in [2.45, 2.75) is 0 Å². The van der Waals surface area contributed by atoms with Crippen LogP contribution in [0, 0.1) is 0 Å². The molecular formula is C10H7NO2. The molecule has 1 N–H and O–H groups in total. The number of H-pyrrole nitrogens is 1. The zero-order chi connectivity index (χ0) is 9.26. The van der Waals surface area contributed by atoms with Crippen LogP contribution in [0.25, 0.3) is 10.8 Å². The smallest absolute Gasteiger partial charge is 0.255 e. The van der Waals surface area contributed by atoms with Crippen molar-refractivity contribution in [3.05, 3.63) is 46.4 Å². The predicted molar refractivity (Wildman–Crippen MR) is 50.0 cm³/mol. The maximum absolute atomic E-state index is 11.3. The molecule has 0 saturated heterocycles. The van der Waals surface area contributed by atoms with Crippen LogP contribution in [-0.4, -0.2) is 11.3 Å². The van der Waals surface area contributed by atoms with E-state index in [0.717, 1.165) is 11.7 Å². The second kappa shape index (κ2) is 2.86. The van der Waals surface area contributed by atoms with Crippen molar-refractivity contribution in [2.24, 2.45) is 0 Å². The Morgan fingerprint density at radius 2 is 2.08 bits per heavy atom. The van der Waals surface area contributed by atoms with Crippen LogP contribution in [-0.2, 0) is 0 Å². The molecule has 0 aliphatic rings. The van der Waals surface area contributed by atoms with Crippen molar-refractivity contribution in [2.75, 3.05) is 0 Å². The third-order valence-electron chi connectivity index (χ3n) is 1.94. The van der Waals surface area contributed by atoms with Gasteiger partial charge in [0.15, 0.2) is 0 Å². The van der Waals surface area contributed by atoms with Gasteiger partial charge in [-0.1, -0.05) is 12.1 Å². The SMILES string of the molecule is O=Cc1ccc2cc[nH]c(=O)c2c1. The molecule has 0 atom stereocenters. The van der Waals surface area contributed by atoms with Crippen LogP contribution in [0.5, 0.6) is 0 Å². The summed E-state index contributed by atoms with van der Waals surface area (Å²) in [5.74, 6) is 0. The Kier molecular flexibility index (Phi) is 1.70. The van der Waals surface area contributed by atoms with Crippen molar-refractivity contribution < 1.29 is 4.79 Å². The number of aromatic amines is 1. The first-order valence-corrected chi connectivity index (χ1v) is 3.88. The molecule has 0 unspecified atom stereocenters. The van der Waals surface area contributed by atoms with Crippen molar-refractivity contribution in [3.8, 4) is 0 Å². The zero-order valence-corrected chi connectivity index (χ0v) is 6.78. The largest absolute Gasteiger partial charge is 0.329 e. The maximum Gasteiger partial charge on any atom is 0.255 e. The van der Waals surface area contributed by atoms with Gasteiger partial charge in [0, 0.05) is 17.1 Å². The average molecular weight is 173 g/mol. The number of pyridine rings is 1. The van der Waals surface area contributed by atoms with E-state index in [-0.39, 0.29) is 5.56 Å². The summed E-state index contributed by atoms with van der Waals surface area (Å²) >= 11 is 0. The van der Waals surface area contributed by atoms with Gasteiger partial charge in [-0.2, -0.15) is 0 Å². The number of rotatable bonds is 1. The minimum absolute atomic E-state index is 0.166. The number of fused-ring (bicyclic) bond motifs is 1. The number of hydrogen-bond acceptors (Lipinski definition) is 2. The summed E-state index contributed by atoms with van der Waals surface area (Å²) in [5.41, 5.74) is 0.352. The van der Waals surface area contributed by atoms with Crippen LogP contribution in [0.2, 0.25) is 0 Å². The Labute approximate surface area is 74.0 Å². The molecule has 0 aliphatic heterocycles. The molecule has 0 aliphatic carbocycles. The molecule has 13 heavy (non-hydrogen) atoms. The van der Waals surface area contributed by atoms with E-state index in [0.29, 0.717) is 10.9 Å². The third kappa shape index (κ3) is 1.24. The number of nitrogens with one attached hydrogen (secondary N) is 1. The minimum Gasteiger partial charge on any atom is -0.329 e. The molecule has 1 aromatic heterocycles. The molecule has 1 heterocycles. The summed E-state index contributed by atoms with van der Waals surface area (Å²) in [5, 5.41) is 1.39. The fourth-order valence-corrected chi connectivity index (χ4v) is 1.27. The van der Waals surface area contributed by atoms with Gasteiger partial charge in [-0.15, -0.1) is 0 Å². The van der Waals surface area contributed by atoms with E-state index in [4.69, 9.17) is 0 Å². The first-order valence-electron chi connectivity index (χ1n) is 3.88. The van der Waals surface area contributed by atoms with Crippen LogP contribution < -0.4 is 5.56 Å². The lowest BCUT2D eigenvalue weighted by Crippen LogP contribution is -2.04. The number of carbonyl (C=O) groups excluding carboxylic acids is 1. The Hall–Kier alpha value is -1.90. The fraction of sp³-hybridized carbons (Fsp3) is 0. The molecule has 0 fully saturated rings. The third-order valence-corrected chi connectivity index (χ3v) is 1.94. The Morgan fingerprint density at radius 1 is 1.23 bits per heavy atom. The highest BCUT2D eigenvalue weighted by molar-refractivity contribution is 5.88. The van der Waals surface area contributed by atoms with E-state index < -0.39 is 0 Å².